The molecule has 2 aromatic carbocycles. The van der Waals surface area contributed by atoms with E-state index in [9.17, 15) is 35.9 Å². The molecule has 1 aliphatic rings. The highest BCUT2D eigenvalue weighted by atomic mass is 35.5. The molecule has 1 fully saturated rings. The average Bonchev–Trinajstić information content (AvgIpc) is 3.62. The number of hydrogen-bond acceptors (Lipinski definition) is 2. The summed E-state index contributed by atoms with van der Waals surface area (Å²) in [4.78, 5) is 25.0. The van der Waals surface area contributed by atoms with Crippen molar-refractivity contribution in [3.05, 3.63) is 86.4 Å². The molecule has 0 heterocycles. The summed E-state index contributed by atoms with van der Waals surface area (Å²) < 4.78 is 97.9. The Morgan fingerprint density at radius 2 is 1.62 bits per heavy atom. The molecule has 2 N–H and O–H groups in total. The number of hydrogen-bond donors (Lipinski definition) is 2. The number of carbonyl (C=O) groups excluding carboxylic acids is 2. The van der Waals surface area contributed by atoms with Crippen LogP contribution in [0.5, 0.6) is 0 Å². The number of amides is 2. The molecule has 0 radical (unpaired) electrons. The van der Waals surface area contributed by atoms with E-state index in [4.69, 9.17) is 34.8 Å². The minimum atomic E-state index is -5.19. The maximum absolute atomic E-state index is 15.0. The topological polar surface area (TPSA) is 58.2 Å². The van der Waals surface area contributed by atoms with Crippen LogP contribution < -0.4 is 10.6 Å². The van der Waals surface area contributed by atoms with Gasteiger partial charge in [-0.25, -0.2) is 4.39 Å². The van der Waals surface area contributed by atoms with Gasteiger partial charge in [-0.3, -0.25) is 9.59 Å². The van der Waals surface area contributed by atoms with Crippen LogP contribution in [0.25, 0.3) is 5.83 Å². The van der Waals surface area contributed by atoms with E-state index in [2.05, 4.69) is 17.2 Å². The van der Waals surface area contributed by atoms with Gasteiger partial charge in [-0.1, -0.05) is 46.9 Å². The van der Waals surface area contributed by atoms with E-state index in [1.807, 2.05) is 0 Å². The van der Waals surface area contributed by atoms with Crippen molar-refractivity contribution in [1.82, 2.24) is 10.6 Å². The molecule has 0 saturated heterocycles. The molecule has 0 aliphatic heterocycles. The molecule has 4 nitrogen and oxygen atoms in total. The Balaban J connectivity index is 1.99. The van der Waals surface area contributed by atoms with E-state index in [1.54, 1.807) is 0 Å². The summed E-state index contributed by atoms with van der Waals surface area (Å²) in [5.74, 6) is -6.18. The molecule has 1 saturated carbocycles. The summed E-state index contributed by atoms with van der Waals surface area (Å²) in [6, 6.07) is 3.18. The molecular weight excluding hydrogens is 600 g/mol. The van der Waals surface area contributed by atoms with Crippen molar-refractivity contribution in [2.45, 2.75) is 36.7 Å². The van der Waals surface area contributed by atoms with Crippen LogP contribution in [-0.2, 0) is 11.0 Å². The van der Waals surface area contributed by atoms with Gasteiger partial charge < -0.3 is 10.6 Å². The van der Waals surface area contributed by atoms with Gasteiger partial charge in [-0.2, -0.15) is 26.3 Å². The maximum atomic E-state index is 15.0. The van der Waals surface area contributed by atoms with Crippen LogP contribution in [0.2, 0.25) is 15.1 Å². The van der Waals surface area contributed by atoms with Crippen molar-refractivity contribution in [3.8, 4) is 0 Å². The van der Waals surface area contributed by atoms with E-state index in [-0.39, 0.29) is 46.6 Å². The first kappa shape index (κ1) is 30.8. The molecule has 2 aromatic rings. The van der Waals surface area contributed by atoms with Gasteiger partial charge in [0.25, 0.3) is 5.91 Å². The number of nitrogens with one attached hydrogen (secondary N) is 2. The Bertz CT molecular complexity index is 1310. The summed E-state index contributed by atoms with van der Waals surface area (Å²) in [6.07, 6.45) is -8.49. The summed E-state index contributed by atoms with van der Waals surface area (Å²) in [5, 5.41) is 3.79. The molecule has 0 spiro atoms. The van der Waals surface area contributed by atoms with Crippen molar-refractivity contribution >= 4 is 52.4 Å². The second-order valence-electron chi connectivity index (χ2n) is 8.63. The van der Waals surface area contributed by atoms with Gasteiger partial charge >= 0.3 is 12.4 Å². The maximum Gasteiger partial charge on any atom is 0.417 e. The van der Waals surface area contributed by atoms with Gasteiger partial charge in [-0.15, -0.1) is 6.58 Å². The Kier molecular flexibility index (Phi) is 8.98. The molecule has 39 heavy (non-hydrogen) atoms. The summed E-state index contributed by atoms with van der Waals surface area (Å²) in [5.41, 5.74) is -5.43. The van der Waals surface area contributed by atoms with Gasteiger partial charge in [0, 0.05) is 12.1 Å². The number of rotatable bonds is 8. The molecule has 0 aromatic heterocycles. The predicted molar refractivity (Wildman–Crippen MR) is 133 cm³/mol. The van der Waals surface area contributed by atoms with Crippen LogP contribution in [-0.4, -0.2) is 30.1 Å². The molecule has 1 atom stereocenters. The number of allylic oxidation sites excluding steroid dienone is 1. The fourth-order valence-corrected chi connectivity index (χ4v) is 4.27. The van der Waals surface area contributed by atoms with Crippen LogP contribution in [0.15, 0.2) is 49.1 Å². The largest absolute Gasteiger partial charge is 0.417 e. The van der Waals surface area contributed by atoms with Crippen molar-refractivity contribution < 1.29 is 40.3 Å². The van der Waals surface area contributed by atoms with Crippen molar-refractivity contribution in [2.24, 2.45) is 0 Å². The van der Waals surface area contributed by atoms with Gasteiger partial charge in [-0.05, 0) is 48.7 Å². The third-order valence-corrected chi connectivity index (χ3v) is 7.02. The predicted octanol–water partition coefficient (Wildman–Crippen LogP) is 7.89. The van der Waals surface area contributed by atoms with Gasteiger partial charge in [0.15, 0.2) is 0 Å². The van der Waals surface area contributed by atoms with E-state index in [0.717, 1.165) is 18.2 Å². The normalized spacial score (nSPS) is 15.9. The summed E-state index contributed by atoms with van der Waals surface area (Å²) >= 11 is 17.3. The SMILES string of the molecule is C=CCNC(=O)C1(NC(=O)c2ccc(/C(F)=C/C(c3cc(Cl)c(Cl)c(Cl)c3)C(F)(F)F)cc2C(F)(F)F)CC1. The van der Waals surface area contributed by atoms with E-state index in [0.29, 0.717) is 6.07 Å². The summed E-state index contributed by atoms with van der Waals surface area (Å²) in [7, 11) is 0. The fourth-order valence-electron chi connectivity index (χ4n) is 3.65. The minimum Gasteiger partial charge on any atom is -0.351 e. The molecule has 2 amide bonds. The molecular formula is C25H18Cl3F7N2O2. The highest BCUT2D eigenvalue weighted by molar-refractivity contribution is 6.48. The third-order valence-electron chi connectivity index (χ3n) is 5.82. The average molecular weight is 618 g/mol. The Morgan fingerprint density at radius 3 is 2.10 bits per heavy atom. The standard InChI is InChI=1S/C25H18Cl3F7N2O2/c1-2-7-36-22(39)23(5-6-23)37-21(38)14-4-3-12(8-16(14)25(33,34)35)19(29)11-15(24(30,31)32)13-9-17(26)20(28)18(27)10-13/h2-4,8-11,15H,1,5-7H2,(H,36,39)(H,37,38)/b19-11-. The summed E-state index contributed by atoms with van der Waals surface area (Å²) in [6.45, 7) is 3.49. The molecule has 0 bridgehead atoms. The lowest BCUT2D eigenvalue weighted by Gasteiger charge is -2.20. The highest BCUT2D eigenvalue weighted by Gasteiger charge is 2.51. The van der Waals surface area contributed by atoms with Crippen molar-refractivity contribution in [3.63, 3.8) is 0 Å². The van der Waals surface area contributed by atoms with Crippen molar-refractivity contribution in [2.75, 3.05) is 6.54 Å². The van der Waals surface area contributed by atoms with Crippen molar-refractivity contribution in [1.29, 1.82) is 0 Å². The second-order valence-corrected chi connectivity index (χ2v) is 9.82. The van der Waals surface area contributed by atoms with E-state index >= 15 is 4.39 Å². The molecule has 1 unspecified atom stereocenters. The zero-order chi connectivity index (χ0) is 29.3. The first-order valence-corrected chi connectivity index (χ1v) is 12.2. The first-order chi connectivity index (χ1) is 18.0. The Labute approximate surface area is 232 Å². The highest BCUT2D eigenvalue weighted by Crippen LogP contribution is 2.43. The lowest BCUT2D eigenvalue weighted by Crippen LogP contribution is -2.49. The minimum absolute atomic E-state index is 0.0638. The monoisotopic (exact) mass is 616 g/mol. The van der Waals surface area contributed by atoms with Gasteiger partial charge in [0.05, 0.1) is 26.2 Å². The van der Waals surface area contributed by atoms with Crippen LogP contribution in [0.3, 0.4) is 0 Å². The second kappa shape index (κ2) is 11.4. The quantitative estimate of drug-likeness (QED) is 0.180. The zero-order valence-electron chi connectivity index (χ0n) is 19.5. The first-order valence-electron chi connectivity index (χ1n) is 11.0. The fraction of sp³-hybridized carbons (Fsp3) is 0.280. The molecule has 210 valence electrons. The van der Waals surface area contributed by atoms with Gasteiger partial charge in [0.1, 0.15) is 17.3 Å². The lowest BCUT2D eigenvalue weighted by atomic mass is 9.95. The third kappa shape index (κ3) is 7.06. The number of carbonyl (C=O) groups is 2. The molecule has 14 heteroatoms. The number of halogens is 10. The Morgan fingerprint density at radius 1 is 1.03 bits per heavy atom. The van der Waals surface area contributed by atoms with E-state index in [1.165, 1.54) is 6.08 Å². The van der Waals surface area contributed by atoms with Crippen LogP contribution in [0.1, 0.15) is 45.8 Å². The van der Waals surface area contributed by atoms with Crippen LogP contribution in [0.4, 0.5) is 30.7 Å². The van der Waals surface area contributed by atoms with Crippen LogP contribution in [0, 0.1) is 0 Å². The lowest BCUT2D eigenvalue weighted by molar-refractivity contribution is -0.140. The number of alkyl halides is 6. The number of benzene rings is 2. The smallest absolute Gasteiger partial charge is 0.351 e. The Hall–Kier alpha value is -2.76. The zero-order valence-corrected chi connectivity index (χ0v) is 21.8. The molecule has 3 rings (SSSR count). The van der Waals surface area contributed by atoms with Gasteiger partial charge in [0.2, 0.25) is 5.91 Å². The van der Waals surface area contributed by atoms with E-state index < -0.39 is 63.7 Å². The van der Waals surface area contributed by atoms with Crippen LogP contribution >= 0.6 is 34.8 Å². The molecule has 1 aliphatic carbocycles.